The monoisotopic (exact) mass is 359 g/mol. The molecule has 0 radical (unpaired) electrons. The van der Waals surface area contributed by atoms with Crippen LogP contribution in [0.2, 0.25) is 0 Å². The summed E-state index contributed by atoms with van der Waals surface area (Å²) in [4.78, 5) is 23.4. The van der Waals surface area contributed by atoms with Crippen LogP contribution in [-0.2, 0) is 20.5 Å². The number of allylic oxidation sites excluding steroid dienone is 1. The molecule has 0 atom stereocenters. The number of unbranched alkanes of at least 4 members (excludes halogenated alkanes) is 1. The quantitative estimate of drug-likeness (QED) is 0.315. The molecule has 0 aliphatic rings. The summed E-state index contributed by atoms with van der Waals surface area (Å²) in [5.74, 6) is -2.64. The van der Waals surface area contributed by atoms with Gasteiger partial charge in [-0.25, -0.2) is 9.59 Å². The Morgan fingerprint density at radius 3 is 2.36 bits per heavy atom. The number of carboxylic acid groups (broad SMARTS) is 1. The van der Waals surface area contributed by atoms with Gasteiger partial charge in [0, 0.05) is 5.70 Å². The predicted octanol–water partition coefficient (Wildman–Crippen LogP) is 4.21. The molecule has 0 fully saturated rings. The molecule has 1 aromatic rings. The molecular formula is C17H20F3NO4. The number of carboxylic acids is 1. The van der Waals surface area contributed by atoms with Crippen LogP contribution in [-0.4, -0.2) is 23.7 Å². The molecular weight excluding hydrogens is 339 g/mol. The number of nitrogens with one attached hydrogen (secondary N) is 1. The molecule has 0 aromatic heterocycles. The molecule has 1 aromatic carbocycles. The second kappa shape index (κ2) is 9.10. The Labute approximate surface area is 143 Å². The number of benzene rings is 1. The van der Waals surface area contributed by atoms with Gasteiger partial charge in [-0.05, 0) is 31.9 Å². The topological polar surface area (TPSA) is 75.6 Å². The Hall–Kier alpha value is -2.51. The summed E-state index contributed by atoms with van der Waals surface area (Å²) in [5.41, 5.74) is -2.06. The minimum absolute atomic E-state index is 0.0458. The van der Waals surface area contributed by atoms with E-state index in [4.69, 9.17) is 4.74 Å². The van der Waals surface area contributed by atoms with Gasteiger partial charge in [-0.15, -0.1) is 0 Å². The average molecular weight is 359 g/mol. The van der Waals surface area contributed by atoms with Crippen LogP contribution in [0, 0.1) is 0 Å². The van der Waals surface area contributed by atoms with Crippen molar-refractivity contribution in [3.8, 4) is 0 Å². The zero-order valence-corrected chi connectivity index (χ0v) is 13.9. The third-order valence-electron chi connectivity index (χ3n) is 3.29. The lowest BCUT2D eigenvalue weighted by Crippen LogP contribution is -2.21. The third-order valence-corrected chi connectivity index (χ3v) is 3.29. The van der Waals surface area contributed by atoms with Crippen LogP contribution in [0.5, 0.6) is 0 Å². The lowest BCUT2D eigenvalue weighted by atomic mass is 10.1. The van der Waals surface area contributed by atoms with Crippen LogP contribution in [0.25, 0.3) is 0 Å². The Balaban J connectivity index is 3.39. The zero-order chi connectivity index (χ0) is 19.0. The van der Waals surface area contributed by atoms with E-state index in [1.807, 2.05) is 6.92 Å². The lowest BCUT2D eigenvalue weighted by Gasteiger charge is -2.18. The van der Waals surface area contributed by atoms with Gasteiger partial charge >= 0.3 is 18.1 Å². The van der Waals surface area contributed by atoms with E-state index in [2.05, 4.69) is 5.32 Å². The molecule has 0 bridgehead atoms. The van der Waals surface area contributed by atoms with E-state index in [9.17, 15) is 27.9 Å². The van der Waals surface area contributed by atoms with Crippen molar-refractivity contribution in [2.24, 2.45) is 0 Å². The maximum absolute atomic E-state index is 13.1. The number of esters is 1. The number of rotatable bonds is 8. The first-order valence-corrected chi connectivity index (χ1v) is 7.79. The number of alkyl halides is 3. The molecule has 0 amide bonds. The fourth-order valence-corrected chi connectivity index (χ4v) is 2.15. The maximum atomic E-state index is 13.1. The van der Waals surface area contributed by atoms with Gasteiger partial charge in [0.1, 0.15) is 0 Å². The average Bonchev–Trinajstić information content (AvgIpc) is 2.52. The second-order valence-corrected chi connectivity index (χ2v) is 5.15. The number of halogens is 3. The van der Waals surface area contributed by atoms with Crippen LogP contribution >= 0.6 is 0 Å². The zero-order valence-electron chi connectivity index (χ0n) is 13.9. The van der Waals surface area contributed by atoms with Crippen molar-refractivity contribution in [1.29, 1.82) is 0 Å². The number of carbonyl (C=O) groups excluding carboxylic acids is 1. The van der Waals surface area contributed by atoms with Gasteiger partial charge < -0.3 is 15.2 Å². The summed E-state index contributed by atoms with van der Waals surface area (Å²) >= 11 is 0. The van der Waals surface area contributed by atoms with Gasteiger partial charge in [0.25, 0.3) is 0 Å². The van der Waals surface area contributed by atoms with Crippen LogP contribution in [0.1, 0.15) is 38.7 Å². The van der Waals surface area contributed by atoms with Crippen molar-refractivity contribution in [1.82, 2.24) is 0 Å². The summed E-state index contributed by atoms with van der Waals surface area (Å²) < 4.78 is 44.1. The summed E-state index contributed by atoms with van der Waals surface area (Å²) in [6, 6.07) is 4.68. The van der Waals surface area contributed by atoms with Crippen molar-refractivity contribution < 1.29 is 32.6 Å². The van der Waals surface area contributed by atoms with Gasteiger partial charge in [0.05, 0.1) is 17.9 Å². The number of hydrogen-bond acceptors (Lipinski definition) is 4. The fraction of sp³-hybridized carbons (Fsp3) is 0.412. The third kappa shape index (κ3) is 5.81. The first-order valence-electron chi connectivity index (χ1n) is 7.79. The minimum Gasteiger partial charge on any atom is -0.477 e. The molecule has 0 unspecified atom stereocenters. The molecule has 5 nitrogen and oxygen atoms in total. The van der Waals surface area contributed by atoms with Crippen molar-refractivity contribution in [3.05, 3.63) is 41.1 Å². The van der Waals surface area contributed by atoms with Crippen LogP contribution in [0.3, 0.4) is 0 Å². The number of carbonyl (C=O) groups is 2. The molecule has 0 heterocycles. The van der Waals surface area contributed by atoms with Gasteiger partial charge in [-0.1, -0.05) is 25.5 Å². The van der Waals surface area contributed by atoms with Crippen LogP contribution in [0.4, 0.5) is 18.9 Å². The summed E-state index contributed by atoms with van der Waals surface area (Å²) in [5, 5.41) is 11.8. The Morgan fingerprint density at radius 1 is 1.20 bits per heavy atom. The molecule has 0 aliphatic heterocycles. The largest absolute Gasteiger partial charge is 0.477 e. The Kier molecular flexibility index (Phi) is 7.47. The van der Waals surface area contributed by atoms with Crippen molar-refractivity contribution in [2.75, 3.05) is 11.9 Å². The highest BCUT2D eigenvalue weighted by Crippen LogP contribution is 2.35. The van der Waals surface area contributed by atoms with E-state index in [1.165, 1.54) is 25.1 Å². The number of ether oxygens (including phenoxy) is 1. The summed E-state index contributed by atoms with van der Waals surface area (Å²) in [6.45, 7) is 3.30. The molecule has 0 spiro atoms. The second-order valence-electron chi connectivity index (χ2n) is 5.15. The van der Waals surface area contributed by atoms with E-state index in [1.54, 1.807) is 0 Å². The van der Waals surface area contributed by atoms with Gasteiger partial charge in [-0.3, -0.25) is 0 Å². The number of anilines is 1. The first kappa shape index (κ1) is 20.5. The Morgan fingerprint density at radius 2 is 1.84 bits per heavy atom. The highest BCUT2D eigenvalue weighted by Gasteiger charge is 2.34. The smallest absolute Gasteiger partial charge is 0.418 e. The molecule has 138 valence electrons. The molecule has 0 saturated heterocycles. The standard InChI is InChI=1S/C17H20F3NO4/c1-3-5-9-13(14(15(22)23)16(24)25-4-2)21-12-10-7-6-8-11(12)17(18,19)20/h6-8,10,21H,3-5,9H2,1-2H3,(H,22,23). The lowest BCUT2D eigenvalue weighted by molar-refractivity contribution is -0.144. The molecule has 25 heavy (non-hydrogen) atoms. The number of aliphatic carboxylic acids is 1. The maximum Gasteiger partial charge on any atom is 0.418 e. The fourth-order valence-electron chi connectivity index (χ4n) is 2.15. The molecule has 1 rings (SSSR count). The van der Waals surface area contributed by atoms with Gasteiger partial charge in [0.2, 0.25) is 0 Å². The molecule has 2 N–H and O–H groups in total. The van der Waals surface area contributed by atoms with Crippen molar-refractivity contribution >= 4 is 17.6 Å². The van der Waals surface area contributed by atoms with Gasteiger partial charge in [0.15, 0.2) is 5.57 Å². The van der Waals surface area contributed by atoms with Crippen LogP contribution < -0.4 is 5.32 Å². The Bertz CT molecular complexity index is 654. The van der Waals surface area contributed by atoms with E-state index >= 15 is 0 Å². The SMILES string of the molecule is CCCCC(Nc1ccccc1C(F)(F)F)=C(C(=O)O)C(=O)OCC. The van der Waals surface area contributed by atoms with Crippen molar-refractivity contribution in [3.63, 3.8) is 0 Å². The first-order chi connectivity index (χ1) is 11.7. The van der Waals surface area contributed by atoms with Crippen LogP contribution in [0.15, 0.2) is 35.5 Å². The summed E-state index contributed by atoms with van der Waals surface area (Å²) in [6.07, 6.45) is -3.36. The highest BCUT2D eigenvalue weighted by atomic mass is 19.4. The van der Waals surface area contributed by atoms with E-state index < -0.39 is 29.3 Å². The summed E-state index contributed by atoms with van der Waals surface area (Å²) in [7, 11) is 0. The molecule has 0 saturated carbocycles. The number of para-hydroxylation sites is 1. The van der Waals surface area contributed by atoms with E-state index in [-0.39, 0.29) is 24.4 Å². The molecule has 8 heteroatoms. The molecule has 0 aliphatic carbocycles. The minimum atomic E-state index is -4.62. The normalized spacial score (nSPS) is 12.4. The van der Waals surface area contributed by atoms with E-state index in [0.29, 0.717) is 12.8 Å². The highest BCUT2D eigenvalue weighted by molar-refractivity contribution is 6.14. The van der Waals surface area contributed by atoms with Crippen molar-refractivity contribution in [2.45, 2.75) is 39.3 Å². The van der Waals surface area contributed by atoms with E-state index in [0.717, 1.165) is 6.07 Å². The van der Waals surface area contributed by atoms with Gasteiger partial charge in [-0.2, -0.15) is 13.2 Å². The number of hydrogen-bond donors (Lipinski definition) is 2. The predicted molar refractivity (Wildman–Crippen MR) is 85.9 cm³/mol.